The fourth-order valence-electron chi connectivity index (χ4n) is 9.15. The zero-order valence-electron chi connectivity index (χ0n) is 42.8. The van der Waals surface area contributed by atoms with Crippen molar-refractivity contribution in [2.45, 2.75) is 113 Å². The zero-order valence-corrected chi connectivity index (χ0v) is 42.8. The van der Waals surface area contributed by atoms with Crippen LogP contribution in [0.4, 0.5) is 0 Å². The van der Waals surface area contributed by atoms with Crippen LogP contribution < -0.4 is 0 Å². The number of phenolic OH excluding ortho intramolecular Hbond substituents is 1. The smallest absolute Gasteiger partial charge is 0.345 e. The van der Waals surface area contributed by atoms with Crippen LogP contribution in [0.25, 0.3) is 21.9 Å². The van der Waals surface area contributed by atoms with Crippen molar-refractivity contribution in [2.24, 2.45) is 11.3 Å². The maximum atomic E-state index is 12.2. The highest BCUT2D eigenvalue weighted by Gasteiger charge is 2.48. The van der Waals surface area contributed by atoms with Gasteiger partial charge in [0.15, 0.2) is 5.78 Å². The van der Waals surface area contributed by atoms with E-state index < -0.39 is 40.9 Å². The topological polar surface area (TPSA) is 264 Å². The molecule has 2 aliphatic carbocycles. The van der Waals surface area contributed by atoms with Crippen LogP contribution in [0.15, 0.2) is 97.1 Å². The van der Waals surface area contributed by atoms with Crippen molar-refractivity contribution in [1.29, 1.82) is 0 Å². The summed E-state index contributed by atoms with van der Waals surface area (Å²) in [5.74, 6) is -5.39. The molecule has 0 radical (unpaired) electrons. The molecule has 386 valence electrons. The van der Waals surface area contributed by atoms with E-state index in [-0.39, 0.29) is 40.7 Å². The van der Waals surface area contributed by atoms with Gasteiger partial charge >= 0.3 is 29.8 Å². The number of Topliss-reactive ketones (excluding diaryl/α,β-unsaturated/α-hetero) is 1. The molecule has 0 aliphatic heterocycles. The van der Waals surface area contributed by atoms with Gasteiger partial charge in [0.1, 0.15) is 17.1 Å². The lowest BCUT2D eigenvalue weighted by atomic mass is 9.88. The third-order valence-corrected chi connectivity index (χ3v) is 13.2. The molecule has 0 bridgehead atoms. The average molecular weight is 999 g/mol. The number of aliphatic hydroxyl groups is 1. The van der Waals surface area contributed by atoms with Gasteiger partial charge < -0.3 is 40.9 Å². The Morgan fingerprint density at radius 3 is 1.70 bits per heavy atom. The van der Waals surface area contributed by atoms with E-state index in [9.17, 15) is 54.3 Å². The number of hydrogen-bond acceptors (Lipinski definition) is 9. The number of phenols is 2. The summed E-state index contributed by atoms with van der Waals surface area (Å²) in [5.41, 5.74) is 5.63. The lowest BCUT2D eigenvalue weighted by Crippen LogP contribution is -2.34. The number of unbranched alkanes of at least 4 members (excludes halogenated alkanes) is 3. The number of carboxylic acid groups (broad SMARTS) is 5. The van der Waals surface area contributed by atoms with Crippen LogP contribution in [-0.2, 0) is 32.8 Å². The summed E-state index contributed by atoms with van der Waals surface area (Å²) < 4.78 is 0. The number of carboxylic acids is 5. The lowest BCUT2D eigenvalue weighted by Gasteiger charge is -2.19. The van der Waals surface area contributed by atoms with Crippen molar-refractivity contribution in [3.63, 3.8) is 0 Å². The number of carbonyl (C=O) groups excluding carboxylic acids is 1. The van der Waals surface area contributed by atoms with Crippen molar-refractivity contribution in [1.82, 2.24) is 0 Å². The Bertz CT molecular complexity index is 3010. The summed E-state index contributed by atoms with van der Waals surface area (Å²) >= 11 is 0. The van der Waals surface area contributed by atoms with Gasteiger partial charge in [-0.25, -0.2) is 14.4 Å². The molecule has 8 rings (SSSR count). The molecule has 6 aromatic rings. The molecule has 0 saturated heterocycles. The third kappa shape index (κ3) is 13.2. The van der Waals surface area contributed by atoms with Gasteiger partial charge in [0, 0.05) is 27.7 Å². The maximum absolute atomic E-state index is 12.2. The average Bonchev–Trinajstić information content (AvgIpc) is 3.73. The molecule has 0 saturated carbocycles. The van der Waals surface area contributed by atoms with Gasteiger partial charge in [-0.1, -0.05) is 144 Å². The van der Waals surface area contributed by atoms with Crippen LogP contribution in [0, 0.1) is 46.0 Å². The van der Waals surface area contributed by atoms with Gasteiger partial charge in [0.05, 0.1) is 17.9 Å². The fraction of sp³-hybridized carbons (Fsp3) is 0.322. The van der Waals surface area contributed by atoms with Gasteiger partial charge in [0.25, 0.3) is 0 Å². The van der Waals surface area contributed by atoms with Crippen molar-refractivity contribution < 1.29 is 69.6 Å². The molecule has 14 nitrogen and oxygen atoms in total. The highest BCUT2D eigenvalue weighted by Crippen LogP contribution is 2.47. The minimum atomic E-state index is -1.92. The van der Waals surface area contributed by atoms with Crippen LogP contribution in [-0.4, -0.2) is 76.5 Å². The zero-order chi connectivity index (χ0) is 54.7. The van der Waals surface area contributed by atoms with Gasteiger partial charge in [0.2, 0.25) is 5.60 Å². The van der Waals surface area contributed by atoms with Crippen LogP contribution in [0.5, 0.6) is 11.5 Å². The summed E-state index contributed by atoms with van der Waals surface area (Å²) in [5, 5.41) is 75.9. The Balaban J connectivity index is 0.000000200. The second kappa shape index (κ2) is 24.5. The highest BCUT2D eigenvalue weighted by atomic mass is 16.4. The number of fused-ring (bicyclic) bond motifs is 5. The largest absolute Gasteiger partial charge is 0.508 e. The van der Waals surface area contributed by atoms with Crippen LogP contribution in [0.3, 0.4) is 0 Å². The standard InChI is InChI=1S/C14H10O3.C14H16O3.C13H12O2.C9H10O4.C9H18O2/c15-13(16)14(17)11-7-3-1-5-9(11)10-6-2-4-8-12(10)14;1-7-5-8(2)11(13(16)17)9-6-14(3,4)12(15)10(7)9;1-9-6-7-10-4-2-3-5-11(10)12(9)8-13(14)15;1-4-3-6(10)5(2)8(11)7(4)9(12)13;1-3-4-5-6-7-8(2)9(10)11/h1-8,17H,(H,15,16);5H,6H2,1-4H3,(H,16,17);2-7H,8H2,1H3,(H,14,15);3,10-11H,1-2H3,(H,12,13);8H,3-7H2,1-2H3,(H,10,11)/t;;;;8-/m....0/s1. The van der Waals surface area contributed by atoms with Crippen molar-refractivity contribution in [2.75, 3.05) is 0 Å². The van der Waals surface area contributed by atoms with E-state index in [4.69, 9.17) is 15.3 Å². The SMILES string of the molecule is CCCCCC[C@H](C)C(=O)O.Cc1cc(C)c2c(c1C(=O)O)CC(C)(C)C2=O.Cc1cc(O)c(C)c(O)c1C(=O)O.Cc1ccc2ccccc2c1CC(=O)O.O=C(O)C1(O)c2ccccc2-c2ccccc21. The van der Waals surface area contributed by atoms with E-state index in [2.05, 4.69) is 6.92 Å². The maximum Gasteiger partial charge on any atom is 0.345 e. The molecule has 0 heterocycles. The molecule has 2 aliphatic rings. The normalized spacial score (nSPS) is 13.4. The Hall–Kier alpha value is -7.84. The second-order valence-corrected chi connectivity index (χ2v) is 19.1. The van der Waals surface area contributed by atoms with E-state index >= 15 is 0 Å². The first-order valence-corrected chi connectivity index (χ1v) is 24.0. The molecule has 0 amide bonds. The molecule has 0 spiro atoms. The van der Waals surface area contributed by atoms with Crippen molar-refractivity contribution in [3.05, 3.63) is 164 Å². The Labute approximate surface area is 425 Å². The molecular formula is C59H66O14. The molecule has 14 heteroatoms. The molecule has 0 fully saturated rings. The minimum absolute atomic E-state index is 0.0625. The van der Waals surface area contributed by atoms with Crippen LogP contribution >= 0.6 is 0 Å². The van der Waals surface area contributed by atoms with E-state index in [0.29, 0.717) is 39.8 Å². The number of hydrogen-bond donors (Lipinski definition) is 8. The Morgan fingerprint density at radius 1 is 0.644 bits per heavy atom. The summed E-state index contributed by atoms with van der Waals surface area (Å²) in [6.45, 7) is 16.2. The first kappa shape index (κ1) is 57.7. The number of aromatic carboxylic acids is 2. The van der Waals surface area contributed by atoms with Crippen molar-refractivity contribution in [3.8, 4) is 22.6 Å². The van der Waals surface area contributed by atoms with Gasteiger partial charge in [-0.3, -0.25) is 14.4 Å². The number of aliphatic carboxylic acids is 3. The van der Waals surface area contributed by atoms with Gasteiger partial charge in [-0.2, -0.15) is 0 Å². The number of carbonyl (C=O) groups is 6. The lowest BCUT2D eigenvalue weighted by molar-refractivity contribution is -0.154. The molecule has 6 aromatic carbocycles. The molecule has 0 unspecified atom stereocenters. The number of rotatable bonds is 11. The van der Waals surface area contributed by atoms with Crippen molar-refractivity contribution >= 4 is 46.4 Å². The molecule has 0 aromatic heterocycles. The van der Waals surface area contributed by atoms with Crippen LogP contribution in [0.1, 0.15) is 141 Å². The fourth-order valence-corrected chi connectivity index (χ4v) is 9.15. The van der Waals surface area contributed by atoms with E-state index in [1.807, 2.05) is 88.4 Å². The number of ketones is 1. The monoisotopic (exact) mass is 998 g/mol. The second-order valence-electron chi connectivity index (χ2n) is 19.1. The first-order valence-electron chi connectivity index (χ1n) is 24.0. The summed E-state index contributed by atoms with van der Waals surface area (Å²) in [4.78, 5) is 66.7. The number of aryl methyl sites for hydroxylation is 4. The predicted molar refractivity (Wildman–Crippen MR) is 279 cm³/mol. The van der Waals surface area contributed by atoms with E-state index in [1.54, 1.807) is 44.2 Å². The Morgan fingerprint density at radius 2 is 1.18 bits per heavy atom. The number of aromatic hydroxyl groups is 2. The van der Waals surface area contributed by atoms with Crippen LogP contribution in [0.2, 0.25) is 0 Å². The predicted octanol–water partition coefficient (Wildman–Crippen LogP) is 11.6. The molecule has 8 N–H and O–H groups in total. The van der Waals surface area contributed by atoms with E-state index in [1.165, 1.54) is 39.2 Å². The van der Waals surface area contributed by atoms with Gasteiger partial charge in [-0.05, 0) is 109 Å². The summed E-state index contributed by atoms with van der Waals surface area (Å²) in [6.07, 6.45) is 6.11. The first-order chi connectivity index (χ1) is 34.2. The molecule has 73 heavy (non-hydrogen) atoms. The third-order valence-electron chi connectivity index (χ3n) is 13.2. The van der Waals surface area contributed by atoms with E-state index in [0.717, 1.165) is 57.0 Å². The molecule has 1 atom stereocenters. The highest BCUT2D eigenvalue weighted by molar-refractivity contribution is 6.09. The van der Waals surface area contributed by atoms with Gasteiger partial charge in [-0.15, -0.1) is 0 Å². The summed E-state index contributed by atoms with van der Waals surface area (Å²) in [6, 6.07) is 29.1. The summed E-state index contributed by atoms with van der Waals surface area (Å²) in [7, 11) is 0. The molecular weight excluding hydrogens is 933 g/mol. The quantitative estimate of drug-likeness (QED) is 0.0561. The number of benzene rings is 6. The minimum Gasteiger partial charge on any atom is -0.508 e. The Kier molecular flexibility index (Phi) is 19.4.